The summed E-state index contributed by atoms with van der Waals surface area (Å²) < 4.78 is 11.8. The third-order valence-electron chi connectivity index (χ3n) is 3.71. The quantitative estimate of drug-likeness (QED) is 0.303. The van der Waals surface area contributed by atoms with Crippen molar-refractivity contribution in [1.29, 1.82) is 0 Å². The smallest absolute Gasteiger partial charge is 0.250 e. The van der Waals surface area contributed by atoms with Gasteiger partial charge in [0, 0.05) is 5.56 Å². The topological polar surface area (TPSA) is 85.7 Å². The average Bonchev–Trinajstić information content (AvgIpc) is 3.22. The van der Waals surface area contributed by atoms with E-state index in [1.165, 1.54) is 23.1 Å². The zero-order chi connectivity index (χ0) is 21.3. The normalized spacial score (nSPS) is 11.1. The molecule has 1 heterocycles. The molecule has 0 radical (unpaired) electrons. The molecule has 9 heteroatoms. The average molecular weight is 443 g/mol. The number of hydrazone groups is 1. The predicted octanol–water partition coefficient (Wildman–Crippen LogP) is 4.24. The van der Waals surface area contributed by atoms with Crippen molar-refractivity contribution in [3.05, 3.63) is 54.1 Å². The first-order valence-corrected chi connectivity index (χ1v) is 11.0. The van der Waals surface area contributed by atoms with Gasteiger partial charge in [-0.3, -0.25) is 4.79 Å². The summed E-state index contributed by atoms with van der Waals surface area (Å²) >= 11 is 2.78. The minimum Gasteiger partial charge on any atom is -0.493 e. The number of methoxy groups -OCH3 is 1. The molecule has 7 nitrogen and oxygen atoms in total. The number of amides is 1. The van der Waals surface area contributed by atoms with Crippen LogP contribution in [0.25, 0.3) is 10.6 Å². The molecule has 3 rings (SSSR count). The van der Waals surface area contributed by atoms with Crippen LogP contribution in [0.5, 0.6) is 11.5 Å². The molecule has 0 spiro atoms. The Hall–Kier alpha value is -2.91. The number of rotatable bonds is 9. The van der Waals surface area contributed by atoms with Crippen LogP contribution in [0.2, 0.25) is 0 Å². The Labute approximate surface area is 183 Å². The molecule has 0 aliphatic carbocycles. The van der Waals surface area contributed by atoms with E-state index in [9.17, 15) is 4.79 Å². The van der Waals surface area contributed by atoms with E-state index < -0.39 is 0 Å². The SMILES string of the molecule is COc1cc(C=NNC(=O)CSc2nnc(-c3ccccc3)s2)ccc1OC(C)C. The number of benzene rings is 2. The van der Waals surface area contributed by atoms with Gasteiger partial charge in [0.05, 0.1) is 25.2 Å². The number of thioether (sulfide) groups is 1. The molecule has 1 N–H and O–H groups in total. The van der Waals surface area contributed by atoms with Gasteiger partial charge in [0.2, 0.25) is 0 Å². The van der Waals surface area contributed by atoms with Crippen LogP contribution in [0.3, 0.4) is 0 Å². The van der Waals surface area contributed by atoms with Crippen molar-refractivity contribution in [2.75, 3.05) is 12.9 Å². The molecule has 2 aromatic carbocycles. The van der Waals surface area contributed by atoms with Crippen LogP contribution in [-0.4, -0.2) is 41.3 Å². The second-order valence-corrected chi connectivity index (χ2v) is 8.60. The van der Waals surface area contributed by atoms with Crippen molar-refractivity contribution in [3.8, 4) is 22.1 Å². The van der Waals surface area contributed by atoms with E-state index in [0.717, 1.165) is 20.5 Å². The monoisotopic (exact) mass is 442 g/mol. The Kier molecular flexibility index (Phi) is 7.81. The van der Waals surface area contributed by atoms with E-state index in [0.29, 0.717) is 11.5 Å². The second kappa shape index (κ2) is 10.7. The van der Waals surface area contributed by atoms with Gasteiger partial charge in [0.15, 0.2) is 15.8 Å². The molecule has 1 aromatic heterocycles. The van der Waals surface area contributed by atoms with Gasteiger partial charge in [0.1, 0.15) is 5.01 Å². The Morgan fingerprint density at radius 3 is 2.73 bits per heavy atom. The number of carbonyl (C=O) groups is 1. The van der Waals surface area contributed by atoms with Gasteiger partial charge >= 0.3 is 0 Å². The lowest BCUT2D eigenvalue weighted by Crippen LogP contribution is -2.19. The van der Waals surface area contributed by atoms with E-state index in [-0.39, 0.29) is 17.8 Å². The Morgan fingerprint density at radius 2 is 2.00 bits per heavy atom. The van der Waals surface area contributed by atoms with E-state index in [4.69, 9.17) is 9.47 Å². The van der Waals surface area contributed by atoms with Gasteiger partial charge < -0.3 is 9.47 Å². The molecule has 0 aliphatic rings. The molecular formula is C21H22N4O3S2. The van der Waals surface area contributed by atoms with Crippen LogP contribution in [0.4, 0.5) is 0 Å². The maximum atomic E-state index is 12.0. The molecule has 30 heavy (non-hydrogen) atoms. The largest absolute Gasteiger partial charge is 0.493 e. The summed E-state index contributed by atoms with van der Waals surface area (Å²) in [5, 5.41) is 13.1. The van der Waals surface area contributed by atoms with Gasteiger partial charge in [-0.25, -0.2) is 5.43 Å². The summed E-state index contributed by atoms with van der Waals surface area (Å²) in [6.45, 7) is 3.90. The van der Waals surface area contributed by atoms with Gasteiger partial charge in [-0.05, 0) is 37.6 Å². The number of hydrogen-bond donors (Lipinski definition) is 1. The molecule has 0 atom stereocenters. The molecule has 3 aromatic rings. The maximum Gasteiger partial charge on any atom is 0.250 e. The van der Waals surface area contributed by atoms with Gasteiger partial charge in [-0.15, -0.1) is 10.2 Å². The molecule has 0 bridgehead atoms. The lowest BCUT2D eigenvalue weighted by atomic mass is 10.2. The van der Waals surface area contributed by atoms with E-state index in [2.05, 4.69) is 20.7 Å². The molecule has 0 unspecified atom stereocenters. The maximum absolute atomic E-state index is 12.0. The Bertz CT molecular complexity index is 1010. The van der Waals surface area contributed by atoms with Gasteiger partial charge in [-0.2, -0.15) is 5.10 Å². The lowest BCUT2D eigenvalue weighted by Gasteiger charge is -2.13. The van der Waals surface area contributed by atoms with Crippen molar-refractivity contribution >= 4 is 35.2 Å². The molecule has 0 saturated carbocycles. The fourth-order valence-electron chi connectivity index (χ4n) is 2.42. The third-order valence-corrected chi connectivity index (χ3v) is 5.81. The summed E-state index contributed by atoms with van der Waals surface area (Å²) in [7, 11) is 1.58. The summed E-state index contributed by atoms with van der Waals surface area (Å²) in [5.74, 6) is 1.25. The van der Waals surface area contributed by atoms with Crippen LogP contribution < -0.4 is 14.9 Å². The molecule has 0 saturated heterocycles. The second-order valence-electron chi connectivity index (χ2n) is 6.40. The number of hydrogen-bond acceptors (Lipinski definition) is 8. The fraction of sp³-hybridized carbons (Fsp3) is 0.238. The van der Waals surface area contributed by atoms with Crippen LogP contribution in [0.1, 0.15) is 19.4 Å². The van der Waals surface area contributed by atoms with E-state index in [1.807, 2.05) is 56.3 Å². The summed E-state index contributed by atoms with van der Waals surface area (Å²) in [4.78, 5) is 12.0. The molecule has 0 fully saturated rings. The Morgan fingerprint density at radius 1 is 1.20 bits per heavy atom. The standard InChI is InChI=1S/C21H22N4O3S2/c1-14(2)28-17-10-9-15(11-18(17)27-3)12-22-23-19(26)13-29-21-25-24-20(30-21)16-7-5-4-6-8-16/h4-12,14H,13H2,1-3H3,(H,23,26). The minimum absolute atomic E-state index is 0.0482. The zero-order valence-corrected chi connectivity index (χ0v) is 18.5. The fourth-order valence-corrected chi connectivity index (χ4v) is 4.07. The highest BCUT2D eigenvalue weighted by Gasteiger charge is 2.09. The van der Waals surface area contributed by atoms with Crippen LogP contribution >= 0.6 is 23.1 Å². The number of carbonyl (C=O) groups excluding carboxylic acids is 1. The van der Waals surface area contributed by atoms with Gasteiger partial charge in [0.25, 0.3) is 5.91 Å². The molecular weight excluding hydrogens is 420 g/mol. The first-order valence-electron chi connectivity index (χ1n) is 9.23. The summed E-state index contributed by atoms with van der Waals surface area (Å²) in [6.07, 6.45) is 1.61. The van der Waals surface area contributed by atoms with Crippen molar-refractivity contribution in [1.82, 2.24) is 15.6 Å². The number of aromatic nitrogens is 2. The van der Waals surface area contributed by atoms with Crippen LogP contribution in [0, 0.1) is 0 Å². The third kappa shape index (κ3) is 6.30. The highest BCUT2D eigenvalue weighted by atomic mass is 32.2. The van der Waals surface area contributed by atoms with Crippen LogP contribution in [-0.2, 0) is 4.79 Å². The highest BCUT2D eigenvalue weighted by Crippen LogP contribution is 2.29. The Balaban J connectivity index is 1.50. The first-order chi connectivity index (χ1) is 14.5. The van der Waals surface area contributed by atoms with Gasteiger partial charge in [-0.1, -0.05) is 53.4 Å². The van der Waals surface area contributed by atoms with Crippen LogP contribution in [0.15, 0.2) is 58.0 Å². The van der Waals surface area contributed by atoms with E-state index >= 15 is 0 Å². The number of ether oxygens (including phenoxy) is 2. The van der Waals surface area contributed by atoms with Crippen molar-refractivity contribution in [2.24, 2.45) is 5.10 Å². The predicted molar refractivity (Wildman–Crippen MR) is 121 cm³/mol. The first kappa shape index (κ1) is 21.8. The molecule has 156 valence electrons. The van der Waals surface area contributed by atoms with Crippen molar-refractivity contribution < 1.29 is 14.3 Å². The molecule has 1 amide bonds. The lowest BCUT2D eigenvalue weighted by molar-refractivity contribution is -0.118. The highest BCUT2D eigenvalue weighted by molar-refractivity contribution is 8.01. The summed E-state index contributed by atoms with van der Waals surface area (Å²) in [5.41, 5.74) is 4.31. The van der Waals surface area contributed by atoms with E-state index in [1.54, 1.807) is 19.4 Å². The molecule has 0 aliphatic heterocycles. The number of nitrogens with zero attached hydrogens (tertiary/aromatic N) is 3. The zero-order valence-electron chi connectivity index (χ0n) is 16.9. The number of nitrogens with one attached hydrogen (secondary N) is 1. The van der Waals surface area contributed by atoms with Crippen molar-refractivity contribution in [3.63, 3.8) is 0 Å². The van der Waals surface area contributed by atoms with Crippen molar-refractivity contribution in [2.45, 2.75) is 24.3 Å². The summed E-state index contributed by atoms with van der Waals surface area (Å²) in [6, 6.07) is 15.3. The minimum atomic E-state index is -0.223.